The molecule has 3 N–H and O–H groups in total. The number of nitro groups is 1. The molecule has 0 aliphatic rings. The molecule has 0 fully saturated rings. The van der Waals surface area contributed by atoms with Crippen LogP contribution < -0.4 is 10.6 Å². The molecule has 7 heteroatoms. The first kappa shape index (κ1) is 14.2. The minimum atomic E-state index is -0.497. The van der Waals surface area contributed by atoms with Gasteiger partial charge in [0.15, 0.2) is 0 Å². The van der Waals surface area contributed by atoms with E-state index in [1.165, 1.54) is 6.07 Å². The van der Waals surface area contributed by atoms with Gasteiger partial charge in [-0.15, -0.1) is 0 Å². The Hall–Kier alpha value is -1.89. The topological polar surface area (TPSA) is 100 Å². The summed E-state index contributed by atoms with van der Waals surface area (Å²) in [5.74, 6) is 0.748. The minimum Gasteiger partial charge on any atom is -0.394 e. The van der Waals surface area contributed by atoms with E-state index in [0.29, 0.717) is 5.82 Å². The molecule has 0 bridgehead atoms. The van der Waals surface area contributed by atoms with Crippen LogP contribution >= 0.6 is 0 Å². The molecule has 0 amide bonds. The molecule has 1 aromatic heterocycles. The molecular formula is C11H18N4O3. The van der Waals surface area contributed by atoms with Crippen molar-refractivity contribution in [3.63, 3.8) is 0 Å². The van der Waals surface area contributed by atoms with E-state index in [1.807, 2.05) is 6.92 Å². The summed E-state index contributed by atoms with van der Waals surface area (Å²) in [5.41, 5.74) is -0.0997. The van der Waals surface area contributed by atoms with Crippen LogP contribution in [0.25, 0.3) is 0 Å². The summed E-state index contributed by atoms with van der Waals surface area (Å²) in [6.45, 7) is 4.37. The highest BCUT2D eigenvalue weighted by atomic mass is 16.6. The zero-order chi connectivity index (χ0) is 13.5. The van der Waals surface area contributed by atoms with Crippen molar-refractivity contribution in [2.75, 3.05) is 23.8 Å². The van der Waals surface area contributed by atoms with Crippen molar-refractivity contribution in [3.8, 4) is 0 Å². The van der Waals surface area contributed by atoms with Crippen LogP contribution in [0.4, 0.5) is 17.3 Å². The summed E-state index contributed by atoms with van der Waals surface area (Å²) in [5, 5.41) is 25.7. The third-order valence-electron chi connectivity index (χ3n) is 2.28. The van der Waals surface area contributed by atoms with Gasteiger partial charge in [-0.3, -0.25) is 10.1 Å². The highest BCUT2D eigenvalue weighted by Crippen LogP contribution is 2.24. The van der Waals surface area contributed by atoms with Crippen LogP contribution in [0.3, 0.4) is 0 Å². The van der Waals surface area contributed by atoms with E-state index in [4.69, 9.17) is 5.11 Å². The summed E-state index contributed by atoms with van der Waals surface area (Å²) < 4.78 is 0. The number of aliphatic hydroxyl groups is 1. The number of aromatic nitrogens is 1. The Morgan fingerprint density at radius 1 is 1.56 bits per heavy atom. The molecule has 1 atom stereocenters. The fraction of sp³-hybridized carbons (Fsp3) is 0.545. The van der Waals surface area contributed by atoms with Gasteiger partial charge in [0.25, 0.3) is 0 Å². The Bertz CT molecular complexity index is 411. The largest absolute Gasteiger partial charge is 0.394 e. The van der Waals surface area contributed by atoms with Crippen LogP contribution in [0.2, 0.25) is 0 Å². The molecule has 0 spiro atoms. The van der Waals surface area contributed by atoms with E-state index >= 15 is 0 Å². The van der Waals surface area contributed by atoms with Gasteiger partial charge in [-0.05, 0) is 19.4 Å². The van der Waals surface area contributed by atoms with Gasteiger partial charge in [0, 0.05) is 18.7 Å². The molecule has 7 nitrogen and oxygen atoms in total. The smallest absolute Gasteiger partial charge is 0.311 e. The molecule has 1 rings (SSSR count). The van der Waals surface area contributed by atoms with E-state index in [-0.39, 0.29) is 24.2 Å². The van der Waals surface area contributed by atoms with Crippen molar-refractivity contribution in [1.29, 1.82) is 0 Å². The van der Waals surface area contributed by atoms with Gasteiger partial charge in [-0.25, -0.2) is 4.98 Å². The molecule has 0 aliphatic carbocycles. The predicted molar refractivity (Wildman–Crippen MR) is 69.8 cm³/mol. The van der Waals surface area contributed by atoms with Crippen LogP contribution in [0.5, 0.6) is 0 Å². The average Bonchev–Trinajstić information content (AvgIpc) is 2.36. The number of anilines is 2. The molecular weight excluding hydrogens is 236 g/mol. The number of hydrogen-bond acceptors (Lipinski definition) is 6. The molecule has 1 heterocycles. The van der Waals surface area contributed by atoms with Crippen LogP contribution in [-0.2, 0) is 0 Å². The summed E-state index contributed by atoms with van der Waals surface area (Å²) in [4.78, 5) is 14.5. The summed E-state index contributed by atoms with van der Waals surface area (Å²) in [6.07, 6.45) is 0.939. The van der Waals surface area contributed by atoms with Crippen LogP contribution in [-0.4, -0.2) is 34.2 Å². The van der Waals surface area contributed by atoms with E-state index in [1.54, 1.807) is 13.0 Å². The lowest BCUT2D eigenvalue weighted by Gasteiger charge is -2.13. The summed E-state index contributed by atoms with van der Waals surface area (Å²) in [7, 11) is 0. The number of nitrogens with one attached hydrogen (secondary N) is 2. The highest BCUT2D eigenvalue weighted by molar-refractivity contribution is 5.60. The van der Waals surface area contributed by atoms with Crippen molar-refractivity contribution >= 4 is 17.3 Å². The van der Waals surface area contributed by atoms with Gasteiger partial charge in [0.1, 0.15) is 5.82 Å². The van der Waals surface area contributed by atoms with Crippen molar-refractivity contribution < 1.29 is 10.0 Å². The Kier molecular flexibility index (Phi) is 5.31. The SMILES string of the molecule is CCCNc1ccc([N+](=O)[O-])c(NC(C)CO)n1. The monoisotopic (exact) mass is 254 g/mol. The lowest BCUT2D eigenvalue weighted by atomic mass is 10.3. The Labute approximate surface area is 105 Å². The first-order valence-electron chi connectivity index (χ1n) is 5.85. The third kappa shape index (κ3) is 3.85. The molecule has 0 saturated carbocycles. The maximum Gasteiger partial charge on any atom is 0.311 e. The van der Waals surface area contributed by atoms with Gasteiger partial charge in [0.2, 0.25) is 5.82 Å². The Morgan fingerprint density at radius 3 is 2.83 bits per heavy atom. The second kappa shape index (κ2) is 6.75. The van der Waals surface area contributed by atoms with Crippen LogP contribution in [0.15, 0.2) is 12.1 Å². The molecule has 0 aromatic carbocycles. The van der Waals surface area contributed by atoms with Crippen molar-refractivity contribution in [2.45, 2.75) is 26.3 Å². The lowest BCUT2D eigenvalue weighted by molar-refractivity contribution is -0.384. The zero-order valence-corrected chi connectivity index (χ0v) is 10.5. The molecule has 0 radical (unpaired) electrons. The summed E-state index contributed by atoms with van der Waals surface area (Å²) >= 11 is 0. The maximum absolute atomic E-state index is 10.9. The predicted octanol–water partition coefficient (Wildman–Crippen LogP) is 1.60. The molecule has 1 unspecified atom stereocenters. The molecule has 18 heavy (non-hydrogen) atoms. The Morgan fingerprint density at radius 2 is 2.28 bits per heavy atom. The van der Waals surface area contributed by atoms with Gasteiger partial charge in [-0.1, -0.05) is 6.92 Å². The summed E-state index contributed by atoms with van der Waals surface area (Å²) in [6, 6.07) is 2.68. The van der Waals surface area contributed by atoms with Crippen molar-refractivity contribution in [2.24, 2.45) is 0 Å². The fourth-order valence-electron chi connectivity index (χ4n) is 1.34. The van der Waals surface area contributed by atoms with E-state index < -0.39 is 4.92 Å². The molecule has 1 aromatic rings. The van der Waals surface area contributed by atoms with Gasteiger partial charge in [0.05, 0.1) is 11.5 Å². The van der Waals surface area contributed by atoms with E-state index in [2.05, 4.69) is 15.6 Å². The first-order chi connectivity index (χ1) is 8.58. The normalized spacial score (nSPS) is 11.9. The van der Waals surface area contributed by atoms with Crippen molar-refractivity contribution in [3.05, 3.63) is 22.2 Å². The number of nitrogens with zero attached hydrogens (tertiary/aromatic N) is 2. The third-order valence-corrected chi connectivity index (χ3v) is 2.28. The minimum absolute atomic E-state index is 0.0997. The standard InChI is InChI=1S/C11H18N4O3/c1-3-6-12-10-5-4-9(15(17)18)11(14-10)13-8(2)7-16/h4-5,8,16H,3,6-7H2,1-2H3,(H2,12,13,14). The molecule has 100 valence electrons. The lowest BCUT2D eigenvalue weighted by Crippen LogP contribution is -2.21. The van der Waals surface area contributed by atoms with Gasteiger partial charge < -0.3 is 15.7 Å². The van der Waals surface area contributed by atoms with Crippen LogP contribution in [0.1, 0.15) is 20.3 Å². The number of aliphatic hydroxyl groups excluding tert-OH is 1. The second-order valence-corrected chi connectivity index (χ2v) is 3.98. The van der Waals surface area contributed by atoms with Crippen LogP contribution in [0, 0.1) is 10.1 Å². The Balaban J connectivity index is 2.95. The zero-order valence-electron chi connectivity index (χ0n) is 10.5. The van der Waals surface area contributed by atoms with Gasteiger partial charge >= 0.3 is 5.69 Å². The first-order valence-corrected chi connectivity index (χ1v) is 5.85. The molecule has 0 aliphatic heterocycles. The maximum atomic E-state index is 10.9. The molecule has 0 saturated heterocycles. The van der Waals surface area contributed by atoms with Gasteiger partial charge in [-0.2, -0.15) is 0 Å². The number of rotatable bonds is 7. The van der Waals surface area contributed by atoms with E-state index in [0.717, 1.165) is 13.0 Å². The van der Waals surface area contributed by atoms with E-state index in [9.17, 15) is 10.1 Å². The fourth-order valence-corrected chi connectivity index (χ4v) is 1.34. The van der Waals surface area contributed by atoms with Crippen molar-refractivity contribution in [1.82, 2.24) is 4.98 Å². The quantitative estimate of drug-likeness (QED) is 0.505. The number of pyridine rings is 1. The second-order valence-electron chi connectivity index (χ2n) is 3.98. The highest BCUT2D eigenvalue weighted by Gasteiger charge is 2.17. The number of hydrogen-bond donors (Lipinski definition) is 3. The average molecular weight is 254 g/mol.